The minimum Gasteiger partial charge on any atom is -0.492 e. The Hall–Kier alpha value is -0.580. The summed E-state index contributed by atoms with van der Waals surface area (Å²) in [5, 5.41) is 0. The highest BCUT2D eigenvalue weighted by Crippen LogP contribution is 2.23. The Labute approximate surface area is 130 Å². The maximum absolute atomic E-state index is 5.78. The summed E-state index contributed by atoms with van der Waals surface area (Å²) in [4.78, 5) is 2.50. The monoisotopic (exact) mass is 341 g/mol. The minimum absolute atomic E-state index is 0.357. The lowest BCUT2D eigenvalue weighted by Crippen LogP contribution is -2.45. The Morgan fingerprint density at radius 1 is 1.20 bits per heavy atom. The van der Waals surface area contributed by atoms with Crippen molar-refractivity contribution >= 4 is 15.9 Å². The van der Waals surface area contributed by atoms with E-state index in [2.05, 4.69) is 34.7 Å². The second-order valence-electron chi connectivity index (χ2n) is 5.50. The number of morpholine rings is 1. The van der Waals surface area contributed by atoms with Crippen molar-refractivity contribution < 1.29 is 9.47 Å². The molecule has 0 radical (unpaired) electrons. The lowest BCUT2D eigenvalue weighted by Gasteiger charge is -2.35. The highest BCUT2D eigenvalue weighted by Gasteiger charge is 2.21. The molecule has 0 N–H and O–H groups in total. The normalized spacial score (nSPS) is 23.8. The van der Waals surface area contributed by atoms with Crippen molar-refractivity contribution in [1.82, 2.24) is 4.90 Å². The number of hydrogen-bond acceptors (Lipinski definition) is 3. The zero-order valence-electron chi connectivity index (χ0n) is 12.3. The molecule has 1 saturated heterocycles. The van der Waals surface area contributed by atoms with Crippen LogP contribution in [0.5, 0.6) is 5.75 Å². The van der Waals surface area contributed by atoms with E-state index in [1.165, 1.54) is 6.42 Å². The second-order valence-corrected chi connectivity index (χ2v) is 6.36. The van der Waals surface area contributed by atoms with Gasteiger partial charge in [-0.25, -0.2) is 0 Å². The maximum Gasteiger partial charge on any atom is 0.133 e. The van der Waals surface area contributed by atoms with Crippen LogP contribution in [-0.4, -0.2) is 43.3 Å². The standard InChI is InChI=1S/C16H24BrNO2/c1-13-11-18(12-14(2)20-13)9-5-6-10-19-16-8-4-3-7-15(16)17/h3-4,7-8,13-14H,5-6,9-12H2,1-2H3. The van der Waals surface area contributed by atoms with Crippen LogP contribution >= 0.6 is 15.9 Å². The molecule has 2 rings (SSSR count). The molecule has 1 aliphatic rings. The van der Waals surface area contributed by atoms with Crippen LogP contribution in [-0.2, 0) is 4.74 Å². The van der Waals surface area contributed by atoms with Gasteiger partial charge in [0.15, 0.2) is 0 Å². The molecule has 3 nitrogen and oxygen atoms in total. The predicted molar refractivity (Wildman–Crippen MR) is 85.3 cm³/mol. The van der Waals surface area contributed by atoms with E-state index in [1.807, 2.05) is 24.3 Å². The smallest absolute Gasteiger partial charge is 0.133 e. The van der Waals surface area contributed by atoms with Gasteiger partial charge < -0.3 is 9.47 Å². The van der Waals surface area contributed by atoms with Crippen molar-refractivity contribution in [1.29, 1.82) is 0 Å². The maximum atomic E-state index is 5.78. The Balaban J connectivity index is 1.61. The number of unbranched alkanes of at least 4 members (excludes halogenated alkanes) is 1. The van der Waals surface area contributed by atoms with Gasteiger partial charge in [0.1, 0.15) is 5.75 Å². The van der Waals surface area contributed by atoms with Crippen LogP contribution in [0.25, 0.3) is 0 Å². The molecule has 112 valence electrons. The molecule has 1 aliphatic heterocycles. The van der Waals surface area contributed by atoms with Gasteiger partial charge in [-0.15, -0.1) is 0 Å². The average Bonchev–Trinajstić information content (AvgIpc) is 2.39. The molecule has 1 aromatic rings. The number of hydrogen-bond donors (Lipinski definition) is 0. The van der Waals surface area contributed by atoms with E-state index in [1.54, 1.807) is 0 Å². The third-order valence-corrected chi connectivity index (χ3v) is 4.11. The number of halogens is 1. The summed E-state index contributed by atoms with van der Waals surface area (Å²) in [5.41, 5.74) is 0. The average molecular weight is 342 g/mol. The molecular weight excluding hydrogens is 318 g/mol. The third kappa shape index (κ3) is 5.08. The molecular formula is C16H24BrNO2. The van der Waals surface area contributed by atoms with E-state index in [0.29, 0.717) is 12.2 Å². The van der Waals surface area contributed by atoms with Crippen LogP contribution in [0.2, 0.25) is 0 Å². The van der Waals surface area contributed by atoms with E-state index in [9.17, 15) is 0 Å². The molecule has 20 heavy (non-hydrogen) atoms. The van der Waals surface area contributed by atoms with Crippen molar-refractivity contribution in [3.8, 4) is 5.75 Å². The largest absolute Gasteiger partial charge is 0.492 e. The van der Waals surface area contributed by atoms with Crippen LogP contribution in [0.15, 0.2) is 28.7 Å². The Kier molecular flexibility index (Phi) is 6.33. The Bertz CT molecular complexity index is 403. The number of para-hydroxylation sites is 1. The summed E-state index contributed by atoms with van der Waals surface area (Å²) in [5.74, 6) is 0.932. The van der Waals surface area contributed by atoms with Crippen LogP contribution in [0.4, 0.5) is 0 Å². The molecule has 1 aromatic carbocycles. The summed E-state index contributed by atoms with van der Waals surface area (Å²) in [6.07, 6.45) is 2.97. The fourth-order valence-electron chi connectivity index (χ4n) is 2.65. The number of rotatable bonds is 6. The SMILES string of the molecule is CC1CN(CCCCOc2ccccc2Br)CC(C)O1. The molecule has 1 heterocycles. The topological polar surface area (TPSA) is 21.7 Å². The molecule has 0 spiro atoms. The van der Waals surface area contributed by atoms with Crippen molar-refractivity contribution in [2.75, 3.05) is 26.2 Å². The van der Waals surface area contributed by atoms with Crippen LogP contribution in [0.3, 0.4) is 0 Å². The van der Waals surface area contributed by atoms with Crippen LogP contribution in [0.1, 0.15) is 26.7 Å². The minimum atomic E-state index is 0.357. The van der Waals surface area contributed by atoms with Gasteiger partial charge in [-0.2, -0.15) is 0 Å². The fraction of sp³-hybridized carbons (Fsp3) is 0.625. The van der Waals surface area contributed by atoms with E-state index >= 15 is 0 Å². The summed E-state index contributed by atoms with van der Waals surface area (Å²) in [6.45, 7) is 8.32. The van der Waals surface area contributed by atoms with Crippen LogP contribution in [0, 0.1) is 0 Å². The van der Waals surface area contributed by atoms with Gasteiger partial charge in [-0.05, 0) is 61.3 Å². The van der Waals surface area contributed by atoms with Gasteiger partial charge in [0, 0.05) is 13.1 Å². The number of benzene rings is 1. The summed E-state index contributed by atoms with van der Waals surface area (Å²) >= 11 is 3.49. The van der Waals surface area contributed by atoms with Crippen molar-refractivity contribution in [3.63, 3.8) is 0 Å². The van der Waals surface area contributed by atoms with Crippen molar-refractivity contribution in [2.45, 2.75) is 38.9 Å². The van der Waals surface area contributed by atoms with Gasteiger partial charge in [-0.3, -0.25) is 4.90 Å². The fourth-order valence-corrected chi connectivity index (χ4v) is 3.05. The summed E-state index contributed by atoms with van der Waals surface area (Å²) in [7, 11) is 0. The first-order chi connectivity index (χ1) is 9.65. The molecule has 0 amide bonds. The van der Waals surface area contributed by atoms with Gasteiger partial charge in [0.2, 0.25) is 0 Å². The van der Waals surface area contributed by atoms with Gasteiger partial charge in [0.25, 0.3) is 0 Å². The second kappa shape index (κ2) is 8.01. The first-order valence-electron chi connectivity index (χ1n) is 7.40. The molecule has 1 fully saturated rings. The Morgan fingerprint density at radius 2 is 1.90 bits per heavy atom. The molecule has 0 aromatic heterocycles. The quantitative estimate of drug-likeness (QED) is 0.736. The van der Waals surface area contributed by atoms with Crippen molar-refractivity contribution in [3.05, 3.63) is 28.7 Å². The van der Waals surface area contributed by atoms with Gasteiger partial charge >= 0.3 is 0 Å². The third-order valence-electron chi connectivity index (χ3n) is 3.46. The van der Waals surface area contributed by atoms with E-state index < -0.39 is 0 Å². The summed E-state index contributed by atoms with van der Waals surface area (Å²) < 4.78 is 12.5. The molecule has 2 atom stereocenters. The summed E-state index contributed by atoms with van der Waals surface area (Å²) in [6, 6.07) is 8.00. The molecule has 0 aliphatic carbocycles. The van der Waals surface area contributed by atoms with Crippen LogP contribution < -0.4 is 4.74 Å². The van der Waals surface area contributed by atoms with Gasteiger partial charge in [-0.1, -0.05) is 12.1 Å². The molecule has 0 saturated carbocycles. The Morgan fingerprint density at radius 3 is 2.60 bits per heavy atom. The predicted octanol–water partition coefficient (Wildman–Crippen LogP) is 3.72. The van der Waals surface area contributed by atoms with E-state index in [4.69, 9.17) is 9.47 Å². The lowest BCUT2D eigenvalue weighted by molar-refractivity contribution is -0.0682. The molecule has 4 heteroatoms. The zero-order valence-corrected chi connectivity index (χ0v) is 13.9. The first kappa shape index (κ1) is 15.8. The molecule has 0 bridgehead atoms. The van der Waals surface area contributed by atoms with Gasteiger partial charge in [0.05, 0.1) is 23.3 Å². The first-order valence-corrected chi connectivity index (χ1v) is 8.19. The lowest BCUT2D eigenvalue weighted by atomic mass is 10.2. The highest BCUT2D eigenvalue weighted by molar-refractivity contribution is 9.10. The van der Waals surface area contributed by atoms with E-state index in [-0.39, 0.29) is 0 Å². The van der Waals surface area contributed by atoms with Crippen molar-refractivity contribution in [2.24, 2.45) is 0 Å². The molecule has 2 unspecified atom stereocenters. The zero-order chi connectivity index (χ0) is 14.4. The number of ether oxygens (including phenoxy) is 2. The highest BCUT2D eigenvalue weighted by atomic mass is 79.9. The number of nitrogens with zero attached hydrogens (tertiary/aromatic N) is 1. The van der Waals surface area contributed by atoms with E-state index in [0.717, 1.165) is 42.9 Å².